The minimum atomic E-state index is -1.77. The van der Waals surface area contributed by atoms with Crippen LogP contribution < -0.4 is 0 Å². The molecule has 0 aliphatic heterocycles. The molecular formula is C17H30OSSi. The van der Waals surface area contributed by atoms with Crippen LogP contribution in [0.25, 0.3) is 0 Å². The fraction of sp³-hybridized carbons (Fsp3) is 0.647. The zero-order valence-electron chi connectivity index (χ0n) is 14.3. The van der Waals surface area contributed by atoms with Crippen LogP contribution in [-0.2, 0) is 4.43 Å². The predicted octanol–water partition coefficient (Wildman–Crippen LogP) is 6.24. The first-order valence-corrected chi connectivity index (χ1v) is 11.1. The van der Waals surface area contributed by atoms with Crippen LogP contribution in [0, 0.1) is 0 Å². The third-order valence-electron chi connectivity index (χ3n) is 3.74. The van der Waals surface area contributed by atoms with Gasteiger partial charge in [-0.15, -0.1) is 11.8 Å². The molecule has 20 heavy (non-hydrogen) atoms. The summed E-state index contributed by atoms with van der Waals surface area (Å²) in [5.74, 6) is 0. The molecule has 0 radical (unpaired) electrons. The quantitative estimate of drug-likeness (QED) is 0.481. The van der Waals surface area contributed by atoms with Crippen molar-refractivity contribution in [2.45, 2.75) is 69.9 Å². The highest BCUT2D eigenvalue weighted by Crippen LogP contribution is 2.46. The molecule has 0 aliphatic carbocycles. The van der Waals surface area contributed by atoms with Crippen LogP contribution in [-0.4, -0.2) is 13.1 Å². The lowest BCUT2D eigenvalue weighted by Crippen LogP contribution is -2.41. The van der Waals surface area contributed by atoms with Gasteiger partial charge in [-0.05, 0) is 23.7 Å². The van der Waals surface area contributed by atoms with Gasteiger partial charge in [0, 0.05) is 4.75 Å². The van der Waals surface area contributed by atoms with Crippen LogP contribution in [0.1, 0.15) is 52.5 Å². The number of rotatable bonds is 4. The number of benzene rings is 1. The van der Waals surface area contributed by atoms with Gasteiger partial charge < -0.3 is 4.43 Å². The monoisotopic (exact) mass is 310 g/mol. The number of hydrogen-bond acceptors (Lipinski definition) is 2. The van der Waals surface area contributed by atoms with Crippen LogP contribution >= 0.6 is 11.8 Å². The lowest BCUT2D eigenvalue weighted by molar-refractivity contribution is 0.264. The lowest BCUT2D eigenvalue weighted by atomic mass is 10.2. The summed E-state index contributed by atoms with van der Waals surface area (Å²) in [7, 11) is -1.77. The van der Waals surface area contributed by atoms with E-state index in [4.69, 9.17) is 4.43 Å². The lowest BCUT2D eigenvalue weighted by Gasteiger charge is -2.40. The van der Waals surface area contributed by atoms with Gasteiger partial charge in [-0.1, -0.05) is 71.9 Å². The Balaban J connectivity index is 3.01. The van der Waals surface area contributed by atoms with E-state index in [1.54, 1.807) is 0 Å². The topological polar surface area (TPSA) is 9.23 Å². The van der Waals surface area contributed by atoms with Crippen molar-refractivity contribution < 1.29 is 4.43 Å². The first-order chi connectivity index (χ1) is 8.92. The summed E-state index contributed by atoms with van der Waals surface area (Å²) in [6.07, 6.45) is 0. The molecule has 0 amide bonds. The van der Waals surface area contributed by atoms with E-state index in [0.717, 1.165) is 0 Å². The Labute approximate surface area is 130 Å². The van der Waals surface area contributed by atoms with E-state index in [1.165, 1.54) is 5.56 Å². The van der Waals surface area contributed by atoms with E-state index in [0.29, 0.717) is 0 Å². The smallest absolute Gasteiger partial charge is 0.194 e. The molecule has 1 atom stereocenters. The largest absolute Gasteiger partial charge is 0.401 e. The van der Waals surface area contributed by atoms with Gasteiger partial charge in [-0.2, -0.15) is 0 Å². The minimum Gasteiger partial charge on any atom is -0.401 e. The molecule has 0 saturated carbocycles. The zero-order valence-corrected chi connectivity index (χ0v) is 16.1. The molecule has 1 aromatic rings. The molecular weight excluding hydrogens is 280 g/mol. The van der Waals surface area contributed by atoms with Gasteiger partial charge in [-0.25, -0.2) is 0 Å². The first-order valence-electron chi connectivity index (χ1n) is 7.33. The van der Waals surface area contributed by atoms with Crippen molar-refractivity contribution in [3.63, 3.8) is 0 Å². The molecule has 1 nitrogen and oxygen atoms in total. The summed E-state index contributed by atoms with van der Waals surface area (Å²) >= 11 is 1.91. The second-order valence-electron chi connectivity index (χ2n) is 7.85. The van der Waals surface area contributed by atoms with Crippen molar-refractivity contribution in [2.24, 2.45) is 0 Å². The van der Waals surface area contributed by atoms with Crippen LogP contribution in [0.15, 0.2) is 30.3 Å². The Bertz CT molecular complexity index is 415. The van der Waals surface area contributed by atoms with E-state index in [-0.39, 0.29) is 15.2 Å². The third kappa shape index (κ3) is 5.26. The van der Waals surface area contributed by atoms with Crippen LogP contribution in [0.2, 0.25) is 18.1 Å². The molecule has 114 valence electrons. The molecule has 0 N–H and O–H groups in total. The molecule has 3 heteroatoms. The van der Waals surface area contributed by atoms with Gasteiger partial charge in [0.2, 0.25) is 0 Å². The maximum absolute atomic E-state index is 6.67. The van der Waals surface area contributed by atoms with E-state index < -0.39 is 8.32 Å². The van der Waals surface area contributed by atoms with E-state index >= 15 is 0 Å². The Hall–Kier alpha value is -0.253. The van der Waals surface area contributed by atoms with Crippen molar-refractivity contribution in [3.8, 4) is 0 Å². The van der Waals surface area contributed by atoms with E-state index in [2.05, 4.69) is 85.0 Å². The van der Waals surface area contributed by atoms with Gasteiger partial charge in [0.05, 0.1) is 0 Å². The average molecular weight is 311 g/mol. The summed E-state index contributed by atoms with van der Waals surface area (Å²) in [4.78, 5) is 0. The maximum atomic E-state index is 6.67. The van der Waals surface area contributed by atoms with Gasteiger partial charge in [0.1, 0.15) is 5.44 Å². The van der Waals surface area contributed by atoms with Gasteiger partial charge >= 0.3 is 0 Å². The average Bonchev–Trinajstić information content (AvgIpc) is 2.25. The Morgan fingerprint density at radius 1 is 0.950 bits per heavy atom. The Morgan fingerprint density at radius 2 is 1.45 bits per heavy atom. The molecule has 0 fully saturated rings. The molecule has 1 unspecified atom stereocenters. The second-order valence-corrected chi connectivity index (χ2v) is 14.5. The number of hydrogen-bond donors (Lipinski definition) is 0. The standard InChI is InChI=1S/C17H30OSSi/c1-16(2,3)19-15(14-12-10-9-11-13-14)18-20(7,8)17(4,5)6/h9-13,15H,1-8H3. The van der Waals surface area contributed by atoms with E-state index in [9.17, 15) is 0 Å². The SMILES string of the molecule is CC(C)(C)SC(O[Si](C)(C)C(C)(C)C)c1ccccc1. The zero-order chi connectivity index (χ0) is 15.6. The van der Waals surface area contributed by atoms with E-state index in [1.807, 2.05) is 11.8 Å². The summed E-state index contributed by atoms with van der Waals surface area (Å²) in [6.45, 7) is 18.3. The first kappa shape index (κ1) is 17.8. The van der Waals surface area contributed by atoms with Crippen molar-refractivity contribution >= 4 is 20.1 Å². The third-order valence-corrected chi connectivity index (χ3v) is 9.64. The predicted molar refractivity (Wildman–Crippen MR) is 94.8 cm³/mol. The summed E-state index contributed by atoms with van der Waals surface area (Å²) in [5, 5.41) is 0.235. The molecule has 0 spiro atoms. The highest BCUT2D eigenvalue weighted by Gasteiger charge is 2.40. The van der Waals surface area contributed by atoms with Gasteiger partial charge in [0.25, 0.3) is 0 Å². The minimum absolute atomic E-state index is 0.122. The fourth-order valence-electron chi connectivity index (χ4n) is 1.54. The molecule has 0 bridgehead atoms. The second kappa shape index (κ2) is 6.25. The van der Waals surface area contributed by atoms with Crippen LogP contribution in [0.4, 0.5) is 0 Å². The molecule has 1 aromatic carbocycles. The molecule has 0 aliphatic rings. The summed E-state index contributed by atoms with van der Waals surface area (Å²) < 4.78 is 6.85. The fourth-order valence-corrected chi connectivity index (χ4v) is 4.41. The van der Waals surface area contributed by atoms with Crippen LogP contribution in [0.5, 0.6) is 0 Å². The Kier molecular flexibility index (Phi) is 5.56. The summed E-state index contributed by atoms with van der Waals surface area (Å²) in [6, 6.07) is 10.6. The maximum Gasteiger partial charge on any atom is 0.194 e. The van der Waals surface area contributed by atoms with Crippen molar-refractivity contribution in [1.29, 1.82) is 0 Å². The summed E-state index contributed by atoms with van der Waals surface area (Å²) in [5.41, 5.74) is 1.40. The number of thioether (sulfide) groups is 1. The molecule has 0 heterocycles. The van der Waals surface area contributed by atoms with Crippen molar-refractivity contribution in [2.75, 3.05) is 0 Å². The van der Waals surface area contributed by atoms with Crippen molar-refractivity contribution in [1.82, 2.24) is 0 Å². The normalized spacial score (nSPS) is 15.2. The Morgan fingerprint density at radius 3 is 1.85 bits per heavy atom. The molecule has 0 saturated heterocycles. The molecule has 1 rings (SSSR count). The van der Waals surface area contributed by atoms with Crippen molar-refractivity contribution in [3.05, 3.63) is 35.9 Å². The highest BCUT2D eigenvalue weighted by molar-refractivity contribution is 8.00. The molecule has 0 aromatic heterocycles. The van der Waals surface area contributed by atoms with Gasteiger partial charge in [-0.3, -0.25) is 0 Å². The van der Waals surface area contributed by atoms with Gasteiger partial charge in [0.15, 0.2) is 8.32 Å². The highest BCUT2D eigenvalue weighted by atomic mass is 32.2. The van der Waals surface area contributed by atoms with Crippen LogP contribution in [0.3, 0.4) is 0 Å².